The summed E-state index contributed by atoms with van der Waals surface area (Å²) in [4.78, 5) is 2.14. The fourth-order valence-electron chi connectivity index (χ4n) is 2.52. The van der Waals surface area contributed by atoms with Gasteiger partial charge in [0.2, 0.25) is 0 Å². The molecule has 114 valence electrons. The summed E-state index contributed by atoms with van der Waals surface area (Å²) in [6, 6.07) is 2.27. The molecule has 0 bridgehead atoms. The Morgan fingerprint density at radius 2 is 2.05 bits per heavy atom. The third-order valence-electron chi connectivity index (χ3n) is 3.99. The van der Waals surface area contributed by atoms with E-state index in [9.17, 15) is 5.26 Å². The fourth-order valence-corrected chi connectivity index (χ4v) is 2.52. The molecule has 1 aliphatic heterocycles. The molecule has 0 saturated carbocycles. The summed E-state index contributed by atoms with van der Waals surface area (Å²) in [5, 5.41) is 17.8. The lowest BCUT2D eigenvalue weighted by Gasteiger charge is -2.33. The number of aromatic nitrogens is 2. The number of ether oxygens (including phenoxy) is 1. The summed E-state index contributed by atoms with van der Waals surface area (Å²) in [6.07, 6.45) is 3.09. The van der Waals surface area contributed by atoms with Gasteiger partial charge >= 0.3 is 0 Å². The molecule has 0 atom stereocenters. The number of anilines is 1. The van der Waals surface area contributed by atoms with E-state index in [1.165, 1.54) is 0 Å². The average molecular weight is 289 g/mol. The Morgan fingerprint density at radius 1 is 1.33 bits per heavy atom. The molecule has 0 unspecified atom stereocenters. The van der Waals surface area contributed by atoms with Crippen molar-refractivity contribution in [3.05, 3.63) is 16.8 Å². The number of nitrogens with two attached hydrogens (primary N) is 1. The van der Waals surface area contributed by atoms with Crippen LogP contribution in [0, 0.1) is 25.2 Å². The summed E-state index contributed by atoms with van der Waals surface area (Å²) < 4.78 is 5.80. The molecule has 0 spiro atoms. The second-order valence-electron chi connectivity index (χ2n) is 5.42. The van der Waals surface area contributed by atoms with Crippen molar-refractivity contribution < 1.29 is 4.74 Å². The minimum Gasteiger partial charge on any atom is -0.378 e. The van der Waals surface area contributed by atoms with Crippen molar-refractivity contribution in [3.63, 3.8) is 0 Å². The molecule has 0 aliphatic carbocycles. The van der Waals surface area contributed by atoms with E-state index >= 15 is 0 Å². The van der Waals surface area contributed by atoms with Gasteiger partial charge < -0.3 is 15.4 Å². The zero-order chi connectivity index (χ0) is 15.2. The first-order valence-corrected chi connectivity index (χ1v) is 7.48. The molecule has 1 fully saturated rings. The number of rotatable bonds is 5. The molecule has 6 nitrogen and oxygen atoms in total. The van der Waals surface area contributed by atoms with Crippen LogP contribution in [0.5, 0.6) is 0 Å². The molecule has 0 radical (unpaired) electrons. The number of nitriles is 1. The van der Waals surface area contributed by atoms with Gasteiger partial charge in [0.25, 0.3) is 0 Å². The zero-order valence-corrected chi connectivity index (χ0v) is 12.8. The lowest BCUT2D eigenvalue weighted by Crippen LogP contribution is -2.38. The zero-order valence-electron chi connectivity index (χ0n) is 12.8. The summed E-state index contributed by atoms with van der Waals surface area (Å²) in [6.45, 7) is 6.90. The molecule has 0 amide bonds. The molecule has 2 rings (SSSR count). The van der Waals surface area contributed by atoms with Gasteiger partial charge in [-0.25, -0.2) is 0 Å². The van der Waals surface area contributed by atoms with Crippen molar-refractivity contribution >= 4 is 5.82 Å². The summed E-state index contributed by atoms with van der Waals surface area (Å²) in [5.74, 6) is 0.709. The predicted molar refractivity (Wildman–Crippen MR) is 81.1 cm³/mol. The Hall–Kier alpha value is -1.71. The van der Waals surface area contributed by atoms with Crippen molar-refractivity contribution in [2.24, 2.45) is 5.73 Å². The van der Waals surface area contributed by atoms with Crippen molar-refractivity contribution in [2.75, 3.05) is 31.1 Å². The Labute approximate surface area is 125 Å². The number of hydrogen-bond donors (Lipinski definition) is 1. The highest BCUT2D eigenvalue weighted by Crippen LogP contribution is 2.25. The SMILES string of the molecule is Cc1nnc(N2CCC(OCCCN)CC2)c(C#N)c1C. The first kappa shape index (κ1) is 15.7. The molecule has 21 heavy (non-hydrogen) atoms. The molecule has 1 aromatic rings. The van der Waals surface area contributed by atoms with Gasteiger partial charge in [0.05, 0.1) is 11.8 Å². The number of piperidine rings is 1. The highest BCUT2D eigenvalue weighted by atomic mass is 16.5. The van der Waals surface area contributed by atoms with Crippen LogP contribution in [-0.2, 0) is 4.74 Å². The van der Waals surface area contributed by atoms with Crippen molar-refractivity contribution in [2.45, 2.75) is 39.2 Å². The van der Waals surface area contributed by atoms with Crippen LogP contribution >= 0.6 is 0 Å². The van der Waals surface area contributed by atoms with Crippen LogP contribution < -0.4 is 10.6 Å². The minimum atomic E-state index is 0.290. The quantitative estimate of drug-likeness (QED) is 0.822. The number of hydrogen-bond acceptors (Lipinski definition) is 6. The van der Waals surface area contributed by atoms with Crippen molar-refractivity contribution in [1.29, 1.82) is 5.26 Å². The van der Waals surface area contributed by atoms with E-state index in [4.69, 9.17) is 10.5 Å². The lowest BCUT2D eigenvalue weighted by molar-refractivity contribution is 0.0365. The first-order valence-electron chi connectivity index (χ1n) is 7.48. The maximum absolute atomic E-state index is 9.37. The molecule has 1 saturated heterocycles. The Balaban J connectivity index is 2.00. The number of nitrogens with zero attached hydrogens (tertiary/aromatic N) is 4. The Kier molecular flexibility index (Phi) is 5.48. The van der Waals surface area contributed by atoms with Crippen LogP contribution in [0.4, 0.5) is 5.82 Å². The van der Waals surface area contributed by atoms with Crippen LogP contribution in [0.25, 0.3) is 0 Å². The van der Waals surface area contributed by atoms with E-state index in [0.717, 1.165) is 50.2 Å². The van der Waals surface area contributed by atoms with Gasteiger partial charge in [0, 0.05) is 19.7 Å². The van der Waals surface area contributed by atoms with Gasteiger partial charge in [-0.2, -0.15) is 10.4 Å². The minimum absolute atomic E-state index is 0.290. The molecular weight excluding hydrogens is 266 g/mol. The molecule has 6 heteroatoms. The van der Waals surface area contributed by atoms with E-state index in [1.54, 1.807) is 0 Å². The molecule has 1 aliphatic rings. The summed E-state index contributed by atoms with van der Waals surface area (Å²) >= 11 is 0. The standard InChI is InChI=1S/C15H23N5O/c1-11-12(2)18-19-15(14(11)10-17)20-7-4-13(5-8-20)21-9-3-6-16/h13H,3-9,16H2,1-2H3. The van der Waals surface area contributed by atoms with E-state index in [-0.39, 0.29) is 6.10 Å². The molecule has 2 heterocycles. The maximum Gasteiger partial charge on any atom is 0.169 e. The van der Waals surface area contributed by atoms with E-state index < -0.39 is 0 Å². The Bertz CT molecular complexity index is 518. The number of aryl methyl sites for hydroxylation is 1. The average Bonchev–Trinajstić information content (AvgIpc) is 2.51. The topological polar surface area (TPSA) is 88.1 Å². The normalized spacial score (nSPS) is 16.0. The Morgan fingerprint density at radius 3 is 2.67 bits per heavy atom. The van der Waals surface area contributed by atoms with Gasteiger partial charge in [-0.15, -0.1) is 5.10 Å². The van der Waals surface area contributed by atoms with E-state index in [1.807, 2.05) is 13.8 Å². The van der Waals surface area contributed by atoms with Crippen LogP contribution in [0.2, 0.25) is 0 Å². The highest BCUT2D eigenvalue weighted by molar-refractivity contribution is 5.57. The second kappa shape index (κ2) is 7.34. The fraction of sp³-hybridized carbons (Fsp3) is 0.667. The van der Waals surface area contributed by atoms with Crippen molar-refractivity contribution in [3.8, 4) is 6.07 Å². The maximum atomic E-state index is 9.37. The first-order chi connectivity index (χ1) is 10.2. The third-order valence-corrected chi connectivity index (χ3v) is 3.99. The van der Waals surface area contributed by atoms with Crippen LogP contribution in [0.1, 0.15) is 36.1 Å². The smallest absolute Gasteiger partial charge is 0.169 e. The van der Waals surface area contributed by atoms with E-state index in [0.29, 0.717) is 17.9 Å². The predicted octanol–water partition coefficient (Wildman–Crippen LogP) is 1.30. The lowest BCUT2D eigenvalue weighted by atomic mass is 10.1. The van der Waals surface area contributed by atoms with Gasteiger partial charge in [-0.05, 0) is 45.2 Å². The molecule has 1 aromatic heterocycles. The summed E-state index contributed by atoms with van der Waals surface area (Å²) in [7, 11) is 0. The second-order valence-corrected chi connectivity index (χ2v) is 5.42. The largest absolute Gasteiger partial charge is 0.378 e. The summed E-state index contributed by atoms with van der Waals surface area (Å²) in [5.41, 5.74) is 7.85. The van der Waals surface area contributed by atoms with Gasteiger partial charge in [0.1, 0.15) is 11.6 Å². The van der Waals surface area contributed by atoms with Crippen molar-refractivity contribution in [1.82, 2.24) is 10.2 Å². The van der Waals surface area contributed by atoms with Gasteiger partial charge in [-0.1, -0.05) is 0 Å². The molecule has 2 N–H and O–H groups in total. The molecule has 0 aromatic carbocycles. The van der Waals surface area contributed by atoms with Crippen LogP contribution in [0.3, 0.4) is 0 Å². The van der Waals surface area contributed by atoms with Crippen LogP contribution in [0.15, 0.2) is 0 Å². The van der Waals surface area contributed by atoms with Gasteiger partial charge in [-0.3, -0.25) is 0 Å². The monoisotopic (exact) mass is 289 g/mol. The van der Waals surface area contributed by atoms with E-state index in [2.05, 4.69) is 21.2 Å². The molecular formula is C15H23N5O. The van der Waals surface area contributed by atoms with Gasteiger partial charge in [0.15, 0.2) is 5.82 Å². The highest BCUT2D eigenvalue weighted by Gasteiger charge is 2.24. The van der Waals surface area contributed by atoms with Crippen LogP contribution in [-0.4, -0.2) is 42.5 Å². The third kappa shape index (κ3) is 3.69.